The first-order valence-corrected chi connectivity index (χ1v) is 23.3. The van der Waals surface area contributed by atoms with Crippen LogP contribution in [-0.2, 0) is 0 Å². The molecule has 5 rings (SSSR count). The molecule has 0 aliphatic carbocycles. The third kappa shape index (κ3) is 16.4. The highest BCUT2D eigenvalue weighted by Crippen LogP contribution is 2.28. The fraction of sp³-hybridized carbons (Fsp3) is 0.357. The average molecular weight is 887 g/mol. The van der Waals surface area contributed by atoms with Crippen LogP contribution >= 0.6 is 11.3 Å². The zero-order valence-corrected chi connectivity index (χ0v) is 39.2. The quantitative estimate of drug-likeness (QED) is 0.0431. The molecule has 1 heterocycles. The topological polar surface area (TPSA) is 119 Å². The Bertz CT molecular complexity index is 2390. The summed E-state index contributed by atoms with van der Waals surface area (Å²) in [5, 5.41) is 19.9. The number of esters is 2. The van der Waals surface area contributed by atoms with Crippen LogP contribution in [-0.4, -0.2) is 25.2 Å². The van der Waals surface area contributed by atoms with Crippen molar-refractivity contribution in [2.75, 3.05) is 13.2 Å². The molecule has 2 atom stereocenters. The first-order chi connectivity index (χ1) is 31.4. The molecule has 8 nitrogen and oxygen atoms in total. The lowest BCUT2D eigenvalue weighted by molar-refractivity contribution is 0.0724. The van der Waals surface area contributed by atoms with E-state index in [1.54, 1.807) is 84.9 Å². The number of hydrogen-bond donors (Lipinski definition) is 0. The number of hydrogen-bond acceptors (Lipinski definition) is 9. The van der Waals surface area contributed by atoms with E-state index < -0.39 is 11.9 Å². The first-order valence-electron chi connectivity index (χ1n) is 22.5. The second-order valence-corrected chi connectivity index (χ2v) is 18.3. The van der Waals surface area contributed by atoms with Crippen molar-refractivity contribution in [1.82, 2.24) is 0 Å². The summed E-state index contributed by atoms with van der Waals surface area (Å²) >= 11 is 1.16. The Labute approximate surface area is 389 Å². The summed E-state index contributed by atoms with van der Waals surface area (Å²) < 4.78 is 23.2. The number of thiophene rings is 1. The molecule has 0 unspecified atom stereocenters. The molecule has 0 aliphatic rings. The van der Waals surface area contributed by atoms with Crippen LogP contribution in [0.15, 0.2) is 97.1 Å². The number of carbonyl (C=O) groups is 2. The molecule has 0 amide bonds. The number of nitrogens with zero attached hydrogens (tertiary/aromatic N) is 2. The second-order valence-electron chi connectivity index (χ2n) is 17.3. The number of carbonyl (C=O) groups excluding carboxylic acids is 2. The molecule has 0 radical (unpaired) electrons. The van der Waals surface area contributed by atoms with Gasteiger partial charge in [-0.15, -0.1) is 11.3 Å². The Morgan fingerprint density at radius 1 is 0.508 bits per heavy atom. The number of rotatable bonds is 20. The largest absolute Gasteiger partial charge is 0.494 e. The maximum Gasteiger partial charge on any atom is 0.343 e. The summed E-state index contributed by atoms with van der Waals surface area (Å²) in [6.07, 6.45) is 9.18. The summed E-state index contributed by atoms with van der Waals surface area (Å²) in [6, 6.07) is 31.7. The van der Waals surface area contributed by atoms with Gasteiger partial charge >= 0.3 is 11.9 Å². The van der Waals surface area contributed by atoms with Gasteiger partial charge in [-0.25, -0.2) is 9.59 Å². The fourth-order valence-corrected chi connectivity index (χ4v) is 7.75. The lowest BCUT2D eigenvalue weighted by atomic mass is 9.98. The molecule has 65 heavy (non-hydrogen) atoms. The van der Waals surface area contributed by atoms with Crippen LogP contribution in [0.25, 0.3) is 0 Å². The van der Waals surface area contributed by atoms with Crippen LogP contribution in [0, 0.1) is 70.0 Å². The van der Waals surface area contributed by atoms with Crippen molar-refractivity contribution in [3.05, 3.63) is 140 Å². The van der Waals surface area contributed by atoms with Crippen LogP contribution in [0.5, 0.6) is 23.0 Å². The van der Waals surface area contributed by atoms with E-state index in [1.807, 2.05) is 12.1 Å². The lowest BCUT2D eigenvalue weighted by Gasteiger charge is -2.13. The van der Waals surface area contributed by atoms with Gasteiger partial charge in [0.05, 0.1) is 45.2 Å². The Morgan fingerprint density at radius 3 is 1.28 bits per heavy atom. The highest BCUT2D eigenvalue weighted by molar-refractivity contribution is 7.13. The minimum atomic E-state index is -0.503. The second kappa shape index (κ2) is 25.5. The zero-order valence-electron chi connectivity index (χ0n) is 38.4. The molecule has 9 heteroatoms. The molecule has 0 spiro atoms. The Balaban J connectivity index is 1.14. The Kier molecular flexibility index (Phi) is 19.3. The molecular formula is C56H58N2O6S. The number of benzene rings is 4. The summed E-state index contributed by atoms with van der Waals surface area (Å²) in [5.41, 5.74) is 2.33. The molecule has 334 valence electrons. The van der Waals surface area contributed by atoms with Gasteiger partial charge in [0.15, 0.2) is 0 Å². The molecule has 1 aromatic heterocycles. The van der Waals surface area contributed by atoms with Gasteiger partial charge in [-0.3, -0.25) is 0 Å². The van der Waals surface area contributed by atoms with E-state index in [2.05, 4.69) is 77.4 Å². The molecule has 0 saturated carbocycles. The molecule has 0 N–H and O–H groups in total. The average Bonchev–Trinajstić information content (AvgIpc) is 3.64. The molecule has 4 aromatic carbocycles. The van der Waals surface area contributed by atoms with Gasteiger partial charge in [-0.2, -0.15) is 10.5 Å². The molecule has 5 aromatic rings. The van der Waals surface area contributed by atoms with Gasteiger partial charge < -0.3 is 18.9 Å². The van der Waals surface area contributed by atoms with Crippen molar-refractivity contribution >= 4 is 23.3 Å². The zero-order chi connectivity index (χ0) is 46.6. The first kappa shape index (κ1) is 49.2. The maximum atomic E-state index is 13.0. The summed E-state index contributed by atoms with van der Waals surface area (Å²) in [6.45, 7) is 14.7. The van der Waals surface area contributed by atoms with Gasteiger partial charge in [0.25, 0.3) is 0 Å². The smallest absolute Gasteiger partial charge is 0.343 e. The predicted molar refractivity (Wildman–Crippen MR) is 257 cm³/mol. The lowest BCUT2D eigenvalue weighted by Crippen LogP contribution is -2.09. The van der Waals surface area contributed by atoms with Gasteiger partial charge in [0, 0.05) is 11.1 Å². The van der Waals surface area contributed by atoms with Crippen LogP contribution in [0.1, 0.15) is 146 Å². The summed E-state index contributed by atoms with van der Waals surface area (Å²) in [4.78, 5) is 26.8. The molecule has 0 fully saturated rings. The summed E-state index contributed by atoms with van der Waals surface area (Å²) in [5.74, 6) is 15.7. The van der Waals surface area contributed by atoms with Gasteiger partial charge in [-0.05, 0) is 133 Å². The predicted octanol–water partition coefficient (Wildman–Crippen LogP) is 13.2. The van der Waals surface area contributed by atoms with Crippen molar-refractivity contribution in [2.45, 2.75) is 92.9 Å². The van der Waals surface area contributed by atoms with Crippen LogP contribution < -0.4 is 18.9 Å². The SMILES string of the molecule is CC(C)CCC[C@H](C)CCOc1cccc(C(=O)Oc2ccc(C#Cc3sc(C#Cc4ccc(OC(=O)c5cccc(OCC[C@@H](C)CCCC(C)C)c5)cc4)c(C#N)c3C#N)cc2)c1. The van der Waals surface area contributed by atoms with Crippen molar-refractivity contribution in [3.8, 4) is 58.8 Å². The normalized spacial score (nSPS) is 11.5. The van der Waals surface area contributed by atoms with E-state index in [0.717, 1.165) is 36.0 Å². The van der Waals surface area contributed by atoms with Crippen molar-refractivity contribution < 1.29 is 28.5 Å². The highest BCUT2D eigenvalue weighted by atomic mass is 32.1. The Morgan fingerprint density at radius 2 is 0.908 bits per heavy atom. The van der Waals surface area contributed by atoms with E-state index in [0.29, 0.717) is 80.1 Å². The molecule has 0 aliphatic heterocycles. The van der Waals surface area contributed by atoms with E-state index in [1.165, 1.54) is 38.5 Å². The van der Waals surface area contributed by atoms with E-state index >= 15 is 0 Å². The Hall–Kier alpha value is -6.78. The molecule has 0 saturated heterocycles. The third-order valence-corrected chi connectivity index (χ3v) is 11.8. The number of nitriles is 2. The maximum absolute atomic E-state index is 13.0. The molecular weight excluding hydrogens is 829 g/mol. The van der Waals surface area contributed by atoms with Crippen molar-refractivity contribution in [2.24, 2.45) is 23.7 Å². The molecule has 0 bridgehead atoms. The van der Waals surface area contributed by atoms with Crippen LogP contribution in [0.4, 0.5) is 0 Å². The van der Waals surface area contributed by atoms with Gasteiger partial charge in [0.2, 0.25) is 0 Å². The van der Waals surface area contributed by atoms with Crippen LogP contribution in [0.3, 0.4) is 0 Å². The van der Waals surface area contributed by atoms with Crippen molar-refractivity contribution in [3.63, 3.8) is 0 Å². The minimum absolute atomic E-state index is 0.158. The van der Waals surface area contributed by atoms with Gasteiger partial charge in [-0.1, -0.05) is 104 Å². The van der Waals surface area contributed by atoms with E-state index in [9.17, 15) is 20.1 Å². The highest BCUT2D eigenvalue weighted by Gasteiger charge is 2.17. The van der Waals surface area contributed by atoms with Crippen LogP contribution in [0.2, 0.25) is 0 Å². The standard InChI is InChI=1S/C56H58N2O6S/c1-39(2)11-7-13-41(5)31-33-61-49-17-9-15-45(35-49)55(59)63-47-25-19-43(20-26-47)23-29-53-51(37-57)52(38-58)54(65-53)30-24-44-21-27-48(28-22-44)64-56(60)46-16-10-18-50(36-46)62-34-32-42(6)14-8-12-40(3)4/h9-10,15-22,25-28,35-36,39-42H,7-8,11-14,31-34H2,1-6H3/t41-,42-/m0/s1. The number of ether oxygens (including phenoxy) is 4. The monoisotopic (exact) mass is 886 g/mol. The summed E-state index contributed by atoms with van der Waals surface area (Å²) in [7, 11) is 0. The fourth-order valence-electron chi connectivity index (χ4n) is 6.84. The van der Waals surface area contributed by atoms with E-state index in [4.69, 9.17) is 18.9 Å². The van der Waals surface area contributed by atoms with E-state index in [-0.39, 0.29) is 11.1 Å². The van der Waals surface area contributed by atoms with Gasteiger partial charge in [0.1, 0.15) is 35.1 Å². The minimum Gasteiger partial charge on any atom is -0.494 e. The van der Waals surface area contributed by atoms with Crippen molar-refractivity contribution in [1.29, 1.82) is 10.5 Å². The third-order valence-electron chi connectivity index (χ3n) is 10.8.